The zero-order chi connectivity index (χ0) is 10.7. The van der Waals surface area contributed by atoms with Crippen LogP contribution >= 0.6 is 0 Å². The summed E-state index contributed by atoms with van der Waals surface area (Å²) in [5, 5.41) is 10.7. The van der Waals surface area contributed by atoms with Crippen molar-refractivity contribution in [3.8, 4) is 0 Å². The van der Waals surface area contributed by atoms with Gasteiger partial charge in [0.25, 0.3) is 0 Å². The van der Waals surface area contributed by atoms with Crippen LogP contribution in [0.15, 0.2) is 17.4 Å². The first kappa shape index (κ1) is 10.0. The average molecular weight is 207 g/mol. The summed E-state index contributed by atoms with van der Waals surface area (Å²) in [5.74, 6) is 0.923. The molecular formula is C10H17N5. The van der Waals surface area contributed by atoms with Crippen LogP contribution in [-0.4, -0.2) is 34.9 Å². The lowest BCUT2D eigenvalue weighted by molar-refractivity contribution is 0.712. The lowest BCUT2D eigenvalue weighted by Gasteiger charge is -2.07. The highest BCUT2D eigenvalue weighted by Gasteiger charge is 2.11. The van der Waals surface area contributed by atoms with Crippen molar-refractivity contribution in [2.24, 2.45) is 12.0 Å². The van der Waals surface area contributed by atoms with Gasteiger partial charge in [-0.3, -0.25) is 9.67 Å². The van der Waals surface area contributed by atoms with Gasteiger partial charge in [-0.15, -0.1) is 0 Å². The molecule has 0 saturated heterocycles. The van der Waals surface area contributed by atoms with E-state index in [0.29, 0.717) is 6.04 Å². The molecule has 0 radical (unpaired) electrons. The van der Waals surface area contributed by atoms with Gasteiger partial charge in [-0.1, -0.05) is 0 Å². The largest absolute Gasteiger partial charge is 0.356 e. The second kappa shape index (κ2) is 4.33. The molecule has 1 atom stereocenters. The van der Waals surface area contributed by atoms with E-state index in [1.807, 2.05) is 24.1 Å². The first-order valence-electron chi connectivity index (χ1n) is 5.26. The summed E-state index contributed by atoms with van der Waals surface area (Å²) in [5.41, 5.74) is 1.25. The van der Waals surface area contributed by atoms with Crippen LogP contribution in [0.5, 0.6) is 0 Å². The van der Waals surface area contributed by atoms with Crippen molar-refractivity contribution in [1.82, 2.24) is 20.4 Å². The zero-order valence-electron chi connectivity index (χ0n) is 9.20. The van der Waals surface area contributed by atoms with Gasteiger partial charge >= 0.3 is 0 Å². The van der Waals surface area contributed by atoms with Gasteiger partial charge in [0.2, 0.25) is 0 Å². The molecule has 5 heteroatoms. The second-order valence-electron chi connectivity index (χ2n) is 3.93. The van der Waals surface area contributed by atoms with E-state index in [1.54, 1.807) is 0 Å². The van der Waals surface area contributed by atoms with E-state index in [-0.39, 0.29) is 0 Å². The predicted octanol–water partition coefficient (Wildman–Crippen LogP) is -0.100. The molecule has 0 fully saturated rings. The lowest BCUT2D eigenvalue weighted by Crippen LogP contribution is -2.38. The maximum atomic E-state index is 4.33. The molecule has 1 aliphatic rings. The number of hydrogen-bond acceptors (Lipinski definition) is 4. The standard InChI is InChI=1S/C10H17N5/c1-8-5-12-10(14-8)11-4-3-9-6-13-15(2)7-9/h6-8H,3-5H2,1-2H3,(H2,11,12,14). The van der Waals surface area contributed by atoms with Crippen LogP contribution in [0.1, 0.15) is 12.5 Å². The first-order valence-corrected chi connectivity index (χ1v) is 5.26. The molecule has 2 heterocycles. The highest BCUT2D eigenvalue weighted by Crippen LogP contribution is 1.97. The summed E-state index contributed by atoms with van der Waals surface area (Å²) in [6.07, 6.45) is 4.91. The fraction of sp³-hybridized carbons (Fsp3) is 0.600. The SMILES string of the molecule is CC1CN=C(NCCc2cnn(C)c2)N1. The van der Waals surface area contributed by atoms with Crippen molar-refractivity contribution in [2.45, 2.75) is 19.4 Å². The highest BCUT2D eigenvalue weighted by molar-refractivity contribution is 5.81. The Hall–Kier alpha value is -1.52. The van der Waals surface area contributed by atoms with Gasteiger partial charge in [-0.25, -0.2) is 0 Å². The minimum Gasteiger partial charge on any atom is -0.356 e. The molecule has 0 aromatic carbocycles. The highest BCUT2D eigenvalue weighted by atomic mass is 15.2. The number of aryl methyl sites for hydroxylation is 1. The van der Waals surface area contributed by atoms with E-state index < -0.39 is 0 Å². The van der Waals surface area contributed by atoms with Crippen LogP contribution < -0.4 is 10.6 Å². The van der Waals surface area contributed by atoms with Crippen LogP contribution in [0.3, 0.4) is 0 Å². The lowest BCUT2D eigenvalue weighted by atomic mass is 10.2. The Labute approximate surface area is 89.6 Å². The van der Waals surface area contributed by atoms with Crippen LogP contribution in [-0.2, 0) is 13.5 Å². The molecular weight excluding hydrogens is 190 g/mol. The summed E-state index contributed by atoms with van der Waals surface area (Å²) in [4.78, 5) is 4.33. The Morgan fingerprint density at radius 2 is 2.53 bits per heavy atom. The van der Waals surface area contributed by atoms with E-state index in [2.05, 4.69) is 27.6 Å². The predicted molar refractivity (Wildman–Crippen MR) is 59.8 cm³/mol. The van der Waals surface area contributed by atoms with Gasteiger partial charge in [-0.2, -0.15) is 5.10 Å². The Bertz CT molecular complexity index is 354. The maximum absolute atomic E-state index is 4.33. The van der Waals surface area contributed by atoms with Gasteiger partial charge in [0.05, 0.1) is 12.7 Å². The number of hydrogen-bond donors (Lipinski definition) is 2. The molecule has 2 N–H and O–H groups in total. The molecule has 1 aromatic rings. The Morgan fingerprint density at radius 3 is 3.13 bits per heavy atom. The van der Waals surface area contributed by atoms with Crippen molar-refractivity contribution in [3.05, 3.63) is 18.0 Å². The molecule has 0 amide bonds. The van der Waals surface area contributed by atoms with E-state index >= 15 is 0 Å². The van der Waals surface area contributed by atoms with Crippen LogP contribution in [0.2, 0.25) is 0 Å². The Balaban J connectivity index is 1.71. The Kier molecular flexibility index (Phi) is 2.89. The smallest absolute Gasteiger partial charge is 0.191 e. The molecule has 0 aliphatic carbocycles. The quantitative estimate of drug-likeness (QED) is 0.727. The number of nitrogens with one attached hydrogen (secondary N) is 2. The fourth-order valence-electron chi connectivity index (χ4n) is 1.59. The van der Waals surface area contributed by atoms with Crippen molar-refractivity contribution in [2.75, 3.05) is 13.1 Å². The molecule has 82 valence electrons. The third-order valence-electron chi connectivity index (χ3n) is 2.37. The van der Waals surface area contributed by atoms with Crippen LogP contribution in [0, 0.1) is 0 Å². The van der Waals surface area contributed by atoms with Crippen LogP contribution in [0.25, 0.3) is 0 Å². The maximum Gasteiger partial charge on any atom is 0.191 e. The van der Waals surface area contributed by atoms with Gasteiger partial charge < -0.3 is 10.6 Å². The number of guanidine groups is 1. The minimum absolute atomic E-state index is 0.464. The number of rotatable bonds is 3. The van der Waals surface area contributed by atoms with Crippen molar-refractivity contribution >= 4 is 5.96 Å². The van der Waals surface area contributed by atoms with Gasteiger partial charge in [0.15, 0.2) is 5.96 Å². The molecule has 1 unspecified atom stereocenters. The van der Waals surface area contributed by atoms with Gasteiger partial charge in [-0.05, 0) is 18.9 Å². The van der Waals surface area contributed by atoms with E-state index in [1.165, 1.54) is 5.56 Å². The molecule has 2 rings (SSSR count). The number of nitrogens with zero attached hydrogens (tertiary/aromatic N) is 3. The topological polar surface area (TPSA) is 54.2 Å². The van der Waals surface area contributed by atoms with Crippen LogP contribution in [0.4, 0.5) is 0 Å². The average Bonchev–Trinajstić information content (AvgIpc) is 2.76. The monoisotopic (exact) mass is 207 g/mol. The van der Waals surface area contributed by atoms with Crippen molar-refractivity contribution in [3.63, 3.8) is 0 Å². The summed E-state index contributed by atoms with van der Waals surface area (Å²) >= 11 is 0. The number of aliphatic imine (C=N–C) groups is 1. The zero-order valence-corrected chi connectivity index (χ0v) is 9.20. The summed E-state index contributed by atoms with van der Waals surface area (Å²) in [6, 6.07) is 0.464. The first-order chi connectivity index (χ1) is 7.24. The second-order valence-corrected chi connectivity index (χ2v) is 3.93. The van der Waals surface area contributed by atoms with E-state index in [0.717, 1.165) is 25.5 Å². The molecule has 1 aliphatic heterocycles. The minimum atomic E-state index is 0.464. The molecule has 5 nitrogen and oxygen atoms in total. The van der Waals surface area contributed by atoms with Crippen molar-refractivity contribution < 1.29 is 0 Å². The van der Waals surface area contributed by atoms with Crippen molar-refractivity contribution in [1.29, 1.82) is 0 Å². The molecule has 1 aromatic heterocycles. The summed E-state index contributed by atoms with van der Waals surface area (Å²) in [6.45, 7) is 3.89. The normalized spacial score (nSPS) is 19.9. The number of aromatic nitrogens is 2. The molecule has 0 bridgehead atoms. The van der Waals surface area contributed by atoms with E-state index in [4.69, 9.17) is 0 Å². The third-order valence-corrected chi connectivity index (χ3v) is 2.37. The van der Waals surface area contributed by atoms with Gasteiger partial charge in [0.1, 0.15) is 0 Å². The van der Waals surface area contributed by atoms with Gasteiger partial charge in [0, 0.05) is 25.8 Å². The molecule has 0 spiro atoms. The molecule has 0 saturated carbocycles. The summed E-state index contributed by atoms with van der Waals surface area (Å²) in [7, 11) is 1.93. The fourth-order valence-corrected chi connectivity index (χ4v) is 1.59. The third kappa shape index (κ3) is 2.71. The summed E-state index contributed by atoms with van der Waals surface area (Å²) < 4.78 is 1.82. The van der Waals surface area contributed by atoms with E-state index in [9.17, 15) is 0 Å². The Morgan fingerprint density at radius 1 is 1.67 bits per heavy atom. The molecule has 15 heavy (non-hydrogen) atoms.